The fraction of sp³-hybridized carbons (Fsp3) is 0.333. The number of hydrogen-bond donors (Lipinski definition) is 1. The number of halogens is 1. The summed E-state index contributed by atoms with van der Waals surface area (Å²) in [6.07, 6.45) is 4.09. The number of allylic oxidation sites excluding steroid dienone is 1. The molecule has 0 radical (unpaired) electrons. The van der Waals surface area contributed by atoms with Gasteiger partial charge < -0.3 is 0 Å². The van der Waals surface area contributed by atoms with Gasteiger partial charge in [-0.05, 0) is 50.2 Å². The van der Waals surface area contributed by atoms with E-state index >= 15 is 0 Å². The molecule has 0 fully saturated rings. The van der Waals surface area contributed by atoms with Crippen molar-refractivity contribution in [3.8, 4) is 11.8 Å². The molecule has 0 saturated heterocycles. The van der Waals surface area contributed by atoms with E-state index in [0.29, 0.717) is 0 Å². The van der Waals surface area contributed by atoms with E-state index in [0.717, 1.165) is 13.1 Å². The summed E-state index contributed by atoms with van der Waals surface area (Å²) >= 11 is 3.64. The highest BCUT2D eigenvalue weighted by atomic mass is 35.5. The average Bonchev–Trinajstić information content (AvgIpc) is 2.56. The predicted molar refractivity (Wildman–Crippen MR) is 105 cm³/mol. The third-order valence-corrected chi connectivity index (χ3v) is 3.39. The second-order valence-corrected chi connectivity index (χ2v) is 6.76. The van der Waals surface area contributed by atoms with Crippen LogP contribution < -0.4 is 0 Å². The topological polar surface area (TPSA) is 23.5 Å². The zero-order chi connectivity index (χ0) is 18.0. The monoisotopic (exact) mass is 343 g/mol. The first-order valence-corrected chi connectivity index (χ1v) is 8.29. The van der Waals surface area contributed by atoms with Crippen molar-refractivity contribution in [1.29, 1.82) is 0 Å². The predicted octanol–water partition coefficient (Wildman–Crippen LogP) is 5.01. The number of fused-ring (bicyclic) bond motifs is 1. The van der Waals surface area contributed by atoms with Crippen LogP contribution in [0, 0.1) is 17.3 Å². The second-order valence-electron chi connectivity index (χ2n) is 6.76. The van der Waals surface area contributed by atoms with Crippen LogP contribution in [0.1, 0.15) is 26.3 Å². The number of hydrogen-bond acceptors (Lipinski definition) is 2. The SMILES string of the molecule is CN(C/C=C/C#CC(C)(C)C)Cc1cccc2ccccc12.OCl. The van der Waals surface area contributed by atoms with Gasteiger partial charge in [0.1, 0.15) is 0 Å². The van der Waals surface area contributed by atoms with Gasteiger partial charge >= 0.3 is 0 Å². The summed E-state index contributed by atoms with van der Waals surface area (Å²) in [5, 5.41) is 2.65. The average molecular weight is 344 g/mol. The van der Waals surface area contributed by atoms with E-state index in [-0.39, 0.29) is 5.41 Å². The molecule has 0 atom stereocenters. The number of nitrogens with zero attached hydrogens (tertiary/aromatic N) is 1. The molecule has 128 valence electrons. The lowest BCUT2D eigenvalue weighted by Crippen LogP contribution is -2.17. The molecule has 1 N–H and O–H groups in total. The second kappa shape index (κ2) is 10.2. The number of rotatable bonds is 4. The van der Waals surface area contributed by atoms with Crippen molar-refractivity contribution in [2.24, 2.45) is 5.41 Å². The minimum Gasteiger partial charge on any atom is -0.298 e. The lowest BCUT2D eigenvalue weighted by atomic mass is 9.98. The van der Waals surface area contributed by atoms with E-state index in [1.54, 1.807) is 0 Å². The minimum atomic E-state index is 0.0686. The summed E-state index contributed by atoms with van der Waals surface area (Å²) in [6, 6.07) is 15.1. The molecule has 2 nitrogen and oxygen atoms in total. The maximum atomic E-state index is 6.47. The van der Waals surface area contributed by atoms with Gasteiger partial charge in [-0.2, -0.15) is 0 Å². The molecule has 3 heteroatoms. The molecule has 0 spiro atoms. The van der Waals surface area contributed by atoms with Crippen molar-refractivity contribution in [2.45, 2.75) is 27.3 Å². The highest BCUT2D eigenvalue weighted by Gasteiger charge is 2.03. The van der Waals surface area contributed by atoms with Crippen molar-refractivity contribution >= 4 is 22.6 Å². The Kier molecular flexibility index (Phi) is 8.57. The van der Waals surface area contributed by atoms with E-state index in [4.69, 9.17) is 4.66 Å². The third kappa shape index (κ3) is 7.19. The standard InChI is InChI=1S/C21H25N.ClHO/c1-21(2,3)15-8-5-9-16-22(4)17-19-13-10-12-18-11-6-7-14-20(18)19;1-2/h5-7,9-14H,16-17H2,1-4H3;2H/b9-5+;. The van der Waals surface area contributed by atoms with E-state index in [1.807, 2.05) is 6.08 Å². The van der Waals surface area contributed by atoms with Gasteiger partial charge in [-0.3, -0.25) is 9.56 Å². The lowest BCUT2D eigenvalue weighted by Gasteiger charge is -2.15. The summed E-state index contributed by atoms with van der Waals surface area (Å²) in [5.74, 6) is 6.33. The van der Waals surface area contributed by atoms with Crippen molar-refractivity contribution in [2.75, 3.05) is 13.6 Å². The summed E-state index contributed by atoms with van der Waals surface area (Å²) < 4.78 is 6.47. The minimum absolute atomic E-state index is 0.0686. The molecular formula is C21H26ClNO. The Bertz CT molecular complexity index is 714. The molecule has 24 heavy (non-hydrogen) atoms. The van der Waals surface area contributed by atoms with E-state index in [2.05, 4.69) is 105 Å². The Balaban J connectivity index is 0.00000139. The van der Waals surface area contributed by atoms with Crippen LogP contribution in [0.25, 0.3) is 10.8 Å². The van der Waals surface area contributed by atoms with Crippen LogP contribution in [0.15, 0.2) is 54.6 Å². The maximum absolute atomic E-state index is 6.47. The van der Waals surface area contributed by atoms with Gasteiger partial charge in [-0.15, -0.1) is 0 Å². The van der Waals surface area contributed by atoms with E-state index in [9.17, 15) is 0 Å². The highest BCUT2D eigenvalue weighted by Crippen LogP contribution is 2.19. The van der Waals surface area contributed by atoms with E-state index < -0.39 is 0 Å². The Morgan fingerprint density at radius 3 is 2.46 bits per heavy atom. The molecule has 0 aromatic heterocycles. The molecule has 2 aromatic rings. The molecule has 0 aliphatic rings. The Labute approximate surface area is 150 Å². The van der Waals surface area contributed by atoms with Crippen LogP contribution in [0.5, 0.6) is 0 Å². The summed E-state index contributed by atoms with van der Waals surface area (Å²) in [4.78, 5) is 2.30. The van der Waals surface area contributed by atoms with Crippen LogP contribution in [-0.4, -0.2) is 23.2 Å². The van der Waals surface area contributed by atoms with Crippen LogP contribution in [0.2, 0.25) is 0 Å². The Hall–Kier alpha value is -1.79. The summed E-state index contributed by atoms with van der Waals surface area (Å²) in [5.41, 5.74) is 1.44. The van der Waals surface area contributed by atoms with Gasteiger partial charge in [0.25, 0.3) is 0 Å². The molecule has 0 bridgehead atoms. The Morgan fingerprint density at radius 1 is 1.08 bits per heavy atom. The first kappa shape index (κ1) is 20.3. The van der Waals surface area contributed by atoms with Gasteiger partial charge in [0, 0.05) is 18.5 Å². The van der Waals surface area contributed by atoms with Crippen LogP contribution in [0.4, 0.5) is 0 Å². The van der Waals surface area contributed by atoms with Crippen LogP contribution in [0.3, 0.4) is 0 Å². The molecule has 0 heterocycles. The summed E-state index contributed by atoms with van der Waals surface area (Å²) in [6.45, 7) is 8.22. The van der Waals surface area contributed by atoms with Crippen molar-refractivity contribution in [3.63, 3.8) is 0 Å². The first-order valence-electron chi connectivity index (χ1n) is 7.95. The third-order valence-electron chi connectivity index (χ3n) is 3.39. The molecule has 0 unspecified atom stereocenters. The maximum Gasteiger partial charge on any atom is 0.0579 e. The smallest absolute Gasteiger partial charge is 0.0579 e. The molecular weight excluding hydrogens is 318 g/mol. The fourth-order valence-electron chi connectivity index (χ4n) is 2.34. The first-order chi connectivity index (χ1) is 11.5. The van der Waals surface area contributed by atoms with Gasteiger partial charge in [0.05, 0.1) is 11.9 Å². The molecule has 0 amide bonds. The summed E-state index contributed by atoms with van der Waals surface area (Å²) in [7, 11) is 2.14. The quantitative estimate of drug-likeness (QED) is 0.789. The van der Waals surface area contributed by atoms with Crippen LogP contribution >= 0.6 is 11.9 Å². The molecule has 2 aromatic carbocycles. The van der Waals surface area contributed by atoms with Crippen molar-refractivity contribution in [1.82, 2.24) is 4.90 Å². The van der Waals surface area contributed by atoms with Crippen LogP contribution in [-0.2, 0) is 6.54 Å². The number of likely N-dealkylation sites (N-methyl/N-ethyl adjacent to an activating group) is 1. The zero-order valence-corrected chi connectivity index (χ0v) is 15.6. The Morgan fingerprint density at radius 2 is 1.75 bits per heavy atom. The van der Waals surface area contributed by atoms with Gasteiger partial charge in [-0.25, -0.2) is 0 Å². The fourth-order valence-corrected chi connectivity index (χ4v) is 2.34. The number of benzene rings is 2. The largest absolute Gasteiger partial charge is 0.298 e. The highest BCUT2D eigenvalue weighted by molar-refractivity contribution is 6.04. The molecule has 0 saturated carbocycles. The van der Waals surface area contributed by atoms with Gasteiger partial charge in [-0.1, -0.05) is 60.4 Å². The van der Waals surface area contributed by atoms with Gasteiger partial charge in [0.15, 0.2) is 0 Å². The van der Waals surface area contributed by atoms with Crippen molar-refractivity contribution < 1.29 is 4.66 Å². The lowest BCUT2D eigenvalue weighted by molar-refractivity contribution is 0.365. The zero-order valence-electron chi connectivity index (χ0n) is 14.9. The van der Waals surface area contributed by atoms with E-state index in [1.165, 1.54) is 16.3 Å². The molecule has 2 rings (SSSR count). The van der Waals surface area contributed by atoms with Gasteiger partial charge in [0.2, 0.25) is 0 Å². The normalized spacial score (nSPS) is 11.1. The molecule has 0 aliphatic carbocycles. The van der Waals surface area contributed by atoms with Crippen molar-refractivity contribution in [3.05, 3.63) is 60.2 Å². The molecule has 0 aliphatic heterocycles.